The Bertz CT molecular complexity index is 597. The van der Waals surface area contributed by atoms with E-state index in [4.69, 9.17) is 16.3 Å². The average molecular weight is 375 g/mol. The molecule has 0 N–H and O–H groups in total. The minimum atomic E-state index is 0.287. The number of allylic oxidation sites excluding steroid dienone is 1. The summed E-state index contributed by atoms with van der Waals surface area (Å²) >= 11 is 6.08. The van der Waals surface area contributed by atoms with Gasteiger partial charge in [-0.15, -0.1) is 0 Å². The molecule has 2 fully saturated rings. The van der Waals surface area contributed by atoms with Gasteiger partial charge in [0.15, 0.2) is 0 Å². The van der Waals surface area contributed by atoms with Crippen molar-refractivity contribution in [2.24, 2.45) is 0 Å². The van der Waals surface area contributed by atoms with Crippen LogP contribution in [0.1, 0.15) is 56.9 Å². The molecular formula is C22H31ClN2O. The highest BCUT2D eigenvalue weighted by Crippen LogP contribution is 2.32. The maximum atomic E-state index is 6.14. The van der Waals surface area contributed by atoms with E-state index < -0.39 is 0 Å². The Hall–Kier alpha value is -1.03. The van der Waals surface area contributed by atoms with Crippen molar-refractivity contribution in [2.75, 3.05) is 13.1 Å². The first-order chi connectivity index (χ1) is 12.8. The van der Waals surface area contributed by atoms with E-state index in [1.807, 2.05) is 18.4 Å². The number of hydrogen-bond donors (Lipinski definition) is 0. The molecule has 4 rings (SSSR count). The van der Waals surface area contributed by atoms with Gasteiger partial charge in [-0.3, -0.25) is 9.80 Å². The van der Waals surface area contributed by atoms with E-state index in [1.165, 1.54) is 50.6 Å². The van der Waals surface area contributed by atoms with Crippen LogP contribution in [-0.2, 0) is 11.3 Å². The Balaban J connectivity index is 1.55. The lowest BCUT2D eigenvalue weighted by Crippen LogP contribution is -2.62. The standard InChI is InChI=1S/C22H31ClN2O/c23-19-12-10-18(11-13-19)17-24-14-6-15-25(20-7-2-1-3-8-20)22(24)21-9-4-5-16-26-21/h5,10-13,16,20-22H,1-4,6-9,14-15,17H2. The molecule has 1 saturated carbocycles. The molecule has 1 aliphatic carbocycles. The van der Waals surface area contributed by atoms with Gasteiger partial charge < -0.3 is 4.74 Å². The Morgan fingerprint density at radius 1 is 0.962 bits per heavy atom. The summed E-state index contributed by atoms with van der Waals surface area (Å²) in [4.78, 5) is 5.45. The van der Waals surface area contributed by atoms with Gasteiger partial charge >= 0.3 is 0 Å². The molecule has 0 bridgehead atoms. The molecule has 3 nitrogen and oxygen atoms in total. The van der Waals surface area contributed by atoms with Crippen LogP contribution in [0.3, 0.4) is 0 Å². The summed E-state index contributed by atoms with van der Waals surface area (Å²) in [6.45, 7) is 3.35. The van der Waals surface area contributed by atoms with Crippen LogP contribution in [0.15, 0.2) is 36.6 Å². The zero-order chi connectivity index (χ0) is 17.8. The number of ether oxygens (including phenoxy) is 1. The van der Waals surface area contributed by atoms with Crippen molar-refractivity contribution in [3.05, 3.63) is 47.2 Å². The van der Waals surface area contributed by atoms with Gasteiger partial charge in [-0.2, -0.15) is 0 Å². The van der Waals surface area contributed by atoms with Gasteiger partial charge in [0.2, 0.25) is 0 Å². The summed E-state index contributed by atoms with van der Waals surface area (Å²) < 4.78 is 6.14. The highest BCUT2D eigenvalue weighted by atomic mass is 35.5. The largest absolute Gasteiger partial charge is 0.495 e. The summed E-state index contributed by atoms with van der Waals surface area (Å²) in [6.07, 6.45) is 15.2. The summed E-state index contributed by atoms with van der Waals surface area (Å²) in [5, 5.41) is 0.813. The lowest BCUT2D eigenvalue weighted by molar-refractivity contribution is -0.106. The van der Waals surface area contributed by atoms with Crippen LogP contribution < -0.4 is 0 Å². The predicted octanol–water partition coefficient (Wildman–Crippen LogP) is 5.20. The van der Waals surface area contributed by atoms with Crippen molar-refractivity contribution in [3.63, 3.8) is 0 Å². The summed E-state index contributed by atoms with van der Waals surface area (Å²) in [5.74, 6) is 0. The van der Waals surface area contributed by atoms with Crippen LogP contribution in [0.25, 0.3) is 0 Å². The number of halogens is 1. The molecule has 2 aliphatic heterocycles. The van der Waals surface area contributed by atoms with Gasteiger partial charge in [0.05, 0.1) is 6.26 Å². The molecule has 142 valence electrons. The fraction of sp³-hybridized carbons (Fsp3) is 0.636. The van der Waals surface area contributed by atoms with E-state index in [0.717, 1.165) is 37.0 Å². The third-order valence-corrected chi connectivity index (χ3v) is 6.47. The van der Waals surface area contributed by atoms with Gasteiger partial charge in [0, 0.05) is 30.7 Å². The third-order valence-electron chi connectivity index (χ3n) is 6.22. The van der Waals surface area contributed by atoms with Crippen molar-refractivity contribution >= 4 is 11.6 Å². The lowest BCUT2D eigenvalue weighted by Gasteiger charge is -2.51. The molecule has 26 heavy (non-hydrogen) atoms. The Labute approximate surface area is 162 Å². The van der Waals surface area contributed by atoms with Crippen molar-refractivity contribution in [3.8, 4) is 0 Å². The van der Waals surface area contributed by atoms with Crippen molar-refractivity contribution in [1.82, 2.24) is 9.80 Å². The van der Waals surface area contributed by atoms with E-state index in [0.29, 0.717) is 6.17 Å². The fourth-order valence-corrected chi connectivity index (χ4v) is 5.09. The number of nitrogens with zero attached hydrogens (tertiary/aromatic N) is 2. The van der Waals surface area contributed by atoms with Crippen molar-refractivity contribution < 1.29 is 4.74 Å². The molecule has 0 spiro atoms. The molecule has 3 aliphatic rings. The normalized spacial score (nSPS) is 28.8. The molecule has 0 aromatic heterocycles. The van der Waals surface area contributed by atoms with E-state index >= 15 is 0 Å². The first kappa shape index (κ1) is 18.3. The van der Waals surface area contributed by atoms with E-state index in [9.17, 15) is 0 Å². The van der Waals surface area contributed by atoms with Crippen LogP contribution in [-0.4, -0.2) is 41.2 Å². The fourth-order valence-electron chi connectivity index (χ4n) is 4.96. The Morgan fingerprint density at radius 3 is 2.50 bits per heavy atom. The first-order valence-electron chi connectivity index (χ1n) is 10.4. The topological polar surface area (TPSA) is 15.7 Å². The van der Waals surface area contributed by atoms with Crippen LogP contribution >= 0.6 is 11.6 Å². The molecular weight excluding hydrogens is 344 g/mol. The molecule has 1 aromatic carbocycles. The van der Waals surface area contributed by atoms with Crippen LogP contribution in [0, 0.1) is 0 Å². The number of rotatable bonds is 4. The monoisotopic (exact) mass is 374 g/mol. The Kier molecular flexibility index (Phi) is 6.19. The predicted molar refractivity (Wildman–Crippen MR) is 107 cm³/mol. The minimum Gasteiger partial charge on any atom is -0.495 e. The molecule has 1 saturated heterocycles. The summed E-state index contributed by atoms with van der Waals surface area (Å²) in [5.41, 5.74) is 1.34. The molecule has 2 unspecified atom stereocenters. The van der Waals surface area contributed by atoms with E-state index in [1.54, 1.807) is 0 Å². The molecule has 2 heterocycles. The second-order valence-electron chi connectivity index (χ2n) is 8.02. The summed E-state index contributed by atoms with van der Waals surface area (Å²) in [7, 11) is 0. The second kappa shape index (κ2) is 8.77. The minimum absolute atomic E-state index is 0.287. The highest BCUT2D eigenvalue weighted by Gasteiger charge is 2.40. The first-order valence-corrected chi connectivity index (χ1v) is 10.7. The van der Waals surface area contributed by atoms with Crippen LogP contribution in [0.5, 0.6) is 0 Å². The van der Waals surface area contributed by atoms with Crippen LogP contribution in [0.4, 0.5) is 0 Å². The average Bonchev–Trinajstić information content (AvgIpc) is 2.71. The third kappa shape index (κ3) is 4.27. The van der Waals surface area contributed by atoms with Gasteiger partial charge in [-0.05, 0) is 55.9 Å². The second-order valence-corrected chi connectivity index (χ2v) is 8.45. The maximum absolute atomic E-state index is 6.14. The quantitative estimate of drug-likeness (QED) is 0.720. The molecule has 0 radical (unpaired) electrons. The van der Waals surface area contributed by atoms with Gasteiger partial charge in [-0.1, -0.05) is 43.0 Å². The SMILES string of the molecule is Clc1ccc(CN2CCCN(C3CCCCC3)C2C2CCC=CO2)cc1. The van der Waals surface area contributed by atoms with Gasteiger partial charge in [0.25, 0.3) is 0 Å². The smallest absolute Gasteiger partial charge is 0.127 e. The number of hydrogen-bond acceptors (Lipinski definition) is 3. The zero-order valence-corrected chi connectivity index (χ0v) is 16.4. The lowest BCUT2D eigenvalue weighted by atomic mass is 9.91. The molecule has 1 aromatic rings. The number of benzene rings is 1. The van der Waals surface area contributed by atoms with Crippen molar-refractivity contribution in [1.29, 1.82) is 0 Å². The van der Waals surface area contributed by atoms with Crippen LogP contribution in [0.2, 0.25) is 5.02 Å². The molecule has 4 heteroatoms. The zero-order valence-electron chi connectivity index (χ0n) is 15.7. The van der Waals surface area contributed by atoms with Gasteiger partial charge in [0.1, 0.15) is 12.3 Å². The highest BCUT2D eigenvalue weighted by molar-refractivity contribution is 6.30. The molecule has 2 atom stereocenters. The van der Waals surface area contributed by atoms with E-state index in [2.05, 4.69) is 28.0 Å². The Morgan fingerprint density at radius 2 is 1.77 bits per heavy atom. The van der Waals surface area contributed by atoms with E-state index in [-0.39, 0.29) is 6.10 Å². The van der Waals surface area contributed by atoms with Gasteiger partial charge in [-0.25, -0.2) is 0 Å². The maximum Gasteiger partial charge on any atom is 0.127 e. The summed E-state index contributed by atoms with van der Waals surface area (Å²) in [6, 6.07) is 9.08. The molecule has 0 amide bonds. The van der Waals surface area contributed by atoms with Crippen molar-refractivity contribution in [2.45, 2.75) is 76.2 Å².